The Labute approximate surface area is 180 Å². The lowest BCUT2D eigenvalue weighted by atomic mass is 10.0. The molecule has 0 spiro atoms. The predicted octanol–water partition coefficient (Wildman–Crippen LogP) is 4.15. The van der Waals surface area contributed by atoms with Gasteiger partial charge >= 0.3 is 0 Å². The van der Waals surface area contributed by atoms with Crippen LogP contribution >= 0.6 is 23.2 Å². The number of amides is 2. The molecule has 0 aromatic heterocycles. The molecule has 8 heteroatoms. The van der Waals surface area contributed by atoms with E-state index in [-0.39, 0.29) is 18.2 Å². The van der Waals surface area contributed by atoms with E-state index in [0.717, 1.165) is 5.56 Å². The maximum atomic E-state index is 12.3. The van der Waals surface area contributed by atoms with Crippen LogP contribution < -0.4 is 20.1 Å². The van der Waals surface area contributed by atoms with E-state index in [0.29, 0.717) is 41.1 Å². The number of ether oxygens (including phenoxy) is 2. The molecule has 1 unspecified atom stereocenters. The summed E-state index contributed by atoms with van der Waals surface area (Å²) in [5.74, 6) is 0.893. The molecule has 2 N–H and O–H groups in total. The van der Waals surface area contributed by atoms with Gasteiger partial charge in [-0.15, -0.1) is 0 Å². The minimum atomic E-state index is -0.414. The van der Waals surface area contributed by atoms with Crippen molar-refractivity contribution >= 4 is 35.0 Å². The third-order valence-corrected chi connectivity index (χ3v) is 4.61. The third-order valence-electron chi connectivity index (χ3n) is 4.08. The largest absolute Gasteiger partial charge is 0.497 e. The standard InChI is InChI=1S/C21H24Cl2N2O4/c1-14(26)25-19(15-4-7-17(28-2)8-5-15)13-21(27)24-10-3-11-29-20-9-6-16(22)12-18(20)23/h4-9,12,19H,3,10-11,13H2,1-2H3,(H,24,27)(H,25,26). The van der Waals surface area contributed by atoms with Crippen LogP contribution in [0.25, 0.3) is 0 Å². The summed E-state index contributed by atoms with van der Waals surface area (Å²) in [5, 5.41) is 6.63. The summed E-state index contributed by atoms with van der Waals surface area (Å²) in [6.07, 6.45) is 0.744. The highest BCUT2D eigenvalue weighted by molar-refractivity contribution is 6.35. The highest BCUT2D eigenvalue weighted by Crippen LogP contribution is 2.27. The first-order valence-electron chi connectivity index (χ1n) is 9.14. The molecule has 0 aliphatic rings. The number of carbonyl (C=O) groups excluding carboxylic acids is 2. The number of rotatable bonds is 10. The van der Waals surface area contributed by atoms with Gasteiger partial charge in [-0.05, 0) is 42.3 Å². The molecule has 0 fully saturated rings. The van der Waals surface area contributed by atoms with Gasteiger partial charge in [-0.1, -0.05) is 35.3 Å². The van der Waals surface area contributed by atoms with Gasteiger partial charge in [-0.3, -0.25) is 9.59 Å². The van der Waals surface area contributed by atoms with Crippen molar-refractivity contribution in [1.82, 2.24) is 10.6 Å². The van der Waals surface area contributed by atoms with Crippen LogP contribution in [0.1, 0.15) is 31.4 Å². The van der Waals surface area contributed by atoms with Gasteiger partial charge in [0.1, 0.15) is 11.5 Å². The van der Waals surface area contributed by atoms with Gasteiger partial charge in [0.2, 0.25) is 11.8 Å². The molecule has 156 valence electrons. The second-order valence-electron chi connectivity index (χ2n) is 6.36. The molecule has 0 aliphatic carbocycles. The number of benzene rings is 2. The summed E-state index contributed by atoms with van der Waals surface area (Å²) in [5.41, 5.74) is 0.830. The molecule has 2 rings (SSSR count). The topological polar surface area (TPSA) is 76.7 Å². The first-order valence-corrected chi connectivity index (χ1v) is 9.90. The first kappa shape index (κ1) is 22.8. The van der Waals surface area contributed by atoms with Gasteiger partial charge in [0, 0.05) is 18.5 Å². The molecular weight excluding hydrogens is 415 g/mol. The van der Waals surface area contributed by atoms with Crippen LogP contribution in [0.3, 0.4) is 0 Å². The van der Waals surface area contributed by atoms with E-state index in [1.807, 2.05) is 12.1 Å². The quantitative estimate of drug-likeness (QED) is 0.546. The normalized spacial score (nSPS) is 11.4. The van der Waals surface area contributed by atoms with E-state index in [1.165, 1.54) is 6.92 Å². The molecule has 2 amide bonds. The molecule has 1 atom stereocenters. The minimum Gasteiger partial charge on any atom is -0.497 e. The van der Waals surface area contributed by atoms with E-state index < -0.39 is 6.04 Å². The molecule has 2 aromatic carbocycles. The number of methoxy groups -OCH3 is 1. The van der Waals surface area contributed by atoms with Crippen LogP contribution in [-0.2, 0) is 9.59 Å². The zero-order chi connectivity index (χ0) is 21.2. The Morgan fingerprint density at radius 3 is 2.45 bits per heavy atom. The van der Waals surface area contributed by atoms with E-state index in [1.54, 1.807) is 37.4 Å². The maximum Gasteiger partial charge on any atom is 0.222 e. The lowest BCUT2D eigenvalue weighted by Gasteiger charge is -2.18. The smallest absolute Gasteiger partial charge is 0.222 e. The van der Waals surface area contributed by atoms with Crippen LogP contribution in [0.4, 0.5) is 0 Å². The van der Waals surface area contributed by atoms with Crippen molar-refractivity contribution in [2.75, 3.05) is 20.3 Å². The summed E-state index contributed by atoms with van der Waals surface area (Å²) >= 11 is 11.9. The zero-order valence-electron chi connectivity index (χ0n) is 16.3. The predicted molar refractivity (Wildman–Crippen MR) is 114 cm³/mol. The Hall–Kier alpha value is -2.44. The Balaban J connectivity index is 1.79. The number of carbonyl (C=O) groups is 2. The van der Waals surface area contributed by atoms with E-state index in [2.05, 4.69) is 10.6 Å². The summed E-state index contributed by atoms with van der Waals surface area (Å²) in [4.78, 5) is 23.8. The van der Waals surface area contributed by atoms with Crippen LogP contribution in [0.2, 0.25) is 10.0 Å². The second-order valence-corrected chi connectivity index (χ2v) is 7.20. The molecule has 0 saturated carbocycles. The van der Waals surface area contributed by atoms with Crippen LogP contribution in [0.5, 0.6) is 11.5 Å². The van der Waals surface area contributed by atoms with Crippen molar-refractivity contribution in [3.8, 4) is 11.5 Å². The van der Waals surface area contributed by atoms with Gasteiger partial charge in [0.25, 0.3) is 0 Å². The Bertz CT molecular complexity index is 828. The van der Waals surface area contributed by atoms with Crippen molar-refractivity contribution in [3.05, 3.63) is 58.1 Å². The van der Waals surface area contributed by atoms with Crippen molar-refractivity contribution in [2.24, 2.45) is 0 Å². The number of nitrogens with one attached hydrogen (secondary N) is 2. The molecule has 2 aromatic rings. The highest BCUT2D eigenvalue weighted by atomic mass is 35.5. The SMILES string of the molecule is COc1ccc(C(CC(=O)NCCCOc2ccc(Cl)cc2Cl)NC(C)=O)cc1. The second kappa shape index (κ2) is 11.5. The molecule has 0 radical (unpaired) electrons. The summed E-state index contributed by atoms with van der Waals surface area (Å²) in [6, 6.07) is 11.8. The minimum absolute atomic E-state index is 0.135. The Kier molecular flexibility index (Phi) is 9.09. The lowest BCUT2D eigenvalue weighted by Crippen LogP contribution is -2.33. The monoisotopic (exact) mass is 438 g/mol. The highest BCUT2D eigenvalue weighted by Gasteiger charge is 2.17. The molecule has 0 bridgehead atoms. The lowest BCUT2D eigenvalue weighted by molar-refractivity contribution is -0.122. The first-order chi connectivity index (χ1) is 13.9. The molecule has 29 heavy (non-hydrogen) atoms. The molecule has 0 aliphatic heterocycles. The number of halogens is 2. The zero-order valence-corrected chi connectivity index (χ0v) is 17.8. The maximum absolute atomic E-state index is 12.3. The van der Waals surface area contributed by atoms with Crippen molar-refractivity contribution in [3.63, 3.8) is 0 Å². The Morgan fingerprint density at radius 1 is 1.10 bits per heavy atom. The fraction of sp³-hybridized carbons (Fsp3) is 0.333. The van der Waals surface area contributed by atoms with Crippen molar-refractivity contribution in [2.45, 2.75) is 25.8 Å². The average molecular weight is 439 g/mol. The van der Waals surface area contributed by atoms with Gasteiger partial charge in [-0.25, -0.2) is 0 Å². The van der Waals surface area contributed by atoms with Crippen molar-refractivity contribution < 1.29 is 19.1 Å². The van der Waals surface area contributed by atoms with Crippen molar-refractivity contribution in [1.29, 1.82) is 0 Å². The average Bonchev–Trinajstić information content (AvgIpc) is 2.68. The third kappa shape index (κ3) is 7.83. The number of hydrogen-bond acceptors (Lipinski definition) is 4. The summed E-state index contributed by atoms with van der Waals surface area (Å²) in [7, 11) is 1.58. The summed E-state index contributed by atoms with van der Waals surface area (Å²) < 4.78 is 10.7. The van der Waals surface area contributed by atoms with E-state index in [9.17, 15) is 9.59 Å². The van der Waals surface area contributed by atoms with E-state index >= 15 is 0 Å². The van der Waals surface area contributed by atoms with E-state index in [4.69, 9.17) is 32.7 Å². The summed E-state index contributed by atoms with van der Waals surface area (Å²) in [6.45, 7) is 2.27. The molecule has 0 heterocycles. The van der Waals surface area contributed by atoms with Gasteiger partial charge in [-0.2, -0.15) is 0 Å². The Morgan fingerprint density at radius 2 is 1.83 bits per heavy atom. The molecule has 0 saturated heterocycles. The van der Waals surface area contributed by atoms with Gasteiger partial charge < -0.3 is 20.1 Å². The van der Waals surface area contributed by atoms with Gasteiger partial charge in [0.05, 0.1) is 31.2 Å². The van der Waals surface area contributed by atoms with Crippen LogP contribution in [-0.4, -0.2) is 32.1 Å². The van der Waals surface area contributed by atoms with Crippen LogP contribution in [0, 0.1) is 0 Å². The van der Waals surface area contributed by atoms with Crippen LogP contribution in [0.15, 0.2) is 42.5 Å². The fourth-order valence-corrected chi connectivity index (χ4v) is 3.13. The van der Waals surface area contributed by atoms with Gasteiger partial charge in [0.15, 0.2) is 0 Å². The molecular formula is C21H24Cl2N2O4. The fourth-order valence-electron chi connectivity index (χ4n) is 2.67. The molecule has 6 nitrogen and oxygen atoms in total. The number of hydrogen-bond donors (Lipinski definition) is 2.